The summed E-state index contributed by atoms with van der Waals surface area (Å²) in [5.74, 6) is -3.89. The minimum absolute atomic E-state index is 0. The molecule has 0 aromatic carbocycles. The molecule has 0 spiro atoms. The first kappa shape index (κ1) is 12.1. The van der Waals surface area contributed by atoms with Crippen molar-refractivity contribution in [1.82, 2.24) is 6.15 Å². The Hall–Kier alpha value is -1.86. The zero-order valence-corrected chi connectivity index (χ0v) is 7.61. The van der Waals surface area contributed by atoms with Gasteiger partial charge in [0.15, 0.2) is 5.97 Å². The van der Waals surface area contributed by atoms with Gasteiger partial charge in [-0.25, -0.2) is 14.4 Å². The largest absolute Gasteiger partial charge is 0.539 e. The second-order valence-corrected chi connectivity index (χ2v) is 2.64. The third-order valence-electron chi connectivity index (χ3n) is 0.806. The first-order chi connectivity index (χ1) is 6.00. The van der Waals surface area contributed by atoms with Crippen LogP contribution < -0.4 is 27.0 Å². The van der Waals surface area contributed by atoms with Crippen molar-refractivity contribution in [2.75, 3.05) is 0 Å². The SMILES string of the molecule is O=C([O-])C(=O)Op1oc(=O)c(=O)o1.[NH4+]. The highest BCUT2D eigenvalue weighted by Crippen LogP contribution is 2.17. The van der Waals surface area contributed by atoms with E-state index in [1.807, 2.05) is 0 Å². The highest BCUT2D eigenvalue weighted by molar-refractivity contribution is 7.32. The highest BCUT2D eigenvalue weighted by atomic mass is 31.1. The molecule has 0 fully saturated rings. The summed E-state index contributed by atoms with van der Waals surface area (Å²) in [4.78, 5) is 40.7. The van der Waals surface area contributed by atoms with Gasteiger partial charge in [0.05, 0.1) is 0 Å². The summed E-state index contributed by atoms with van der Waals surface area (Å²) in [6, 6.07) is 0. The molecule has 1 rings (SSSR count). The quantitative estimate of drug-likeness (QED) is 0.519. The van der Waals surface area contributed by atoms with Crippen LogP contribution in [0.4, 0.5) is 0 Å². The van der Waals surface area contributed by atoms with E-state index in [1.165, 1.54) is 0 Å². The summed E-state index contributed by atoms with van der Waals surface area (Å²) in [5, 5.41) is 9.79. The Balaban J connectivity index is 0.00000169. The number of hydrogen-bond donors (Lipinski definition) is 1. The van der Waals surface area contributed by atoms with E-state index >= 15 is 0 Å². The lowest BCUT2D eigenvalue weighted by atomic mass is 10.7. The van der Waals surface area contributed by atoms with Gasteiger partial charge >= 0.3 is 25.5 Å². The molecule has 9 nitrogen and oxygen atoms in total. The van der Waals surface area contributed by atoms with Crippen molar-refractivity contribution in [3.63, 3.8) is 0 Å². The molecule has 10 heteroatoms. The smallest absolute Gasteiger partial charge is 0.461 e. The summed E-state index contributed by atoms with van der Waals surface area (Å²) in [6.45, 7) is 0. The molecule has 1 aromatic rings. The van der Waals surface area contributed by atoms with Crippen LogP contribution >= 0.6 is 8.24 Å². The van der Waals surface area contributed by atoms with Gasteiger partial charge in [-0.05, 0) is 0 Å². The predicted octanol–water partition coefficient (Wildman–Crippen LogP) is -2.34. The lowest BCUT2D eigenvalue weighted by Gasteiger charge is -1.96. The van der Waals surface area contributed by atoms with E-state index in [0.29, 0.717) is 0 Å². The second kappa shape index (κ2) is 4.40. The summed E-state index contributed by atoms with van der Waals surface area (Å²) in [5.41, 5.74) is -2.67. The van der Waals surface area contributed by atoms with Crippen LogP contribution in [0.5, 0.6) is 0 Å². The van der Waals surface area contributed by atoms with Crippen molar-refractivity contribution in [3.8, 4) is 0 Å². The molecule has 0 atom stereocenters. The number of carbonyl (C=O) groups excluding carboxylic acids is 2. The van der Waals surface area contributed by atoms with Crippen molar-refractivity contribution >= 4 is 20.2 Å². The Kier molecular flexibility index (Phi) is 3.81. The number of carbonyl (C=O) groups is 2. The maximum Gasteiger partial charge on any atom is 0.461 e. The van der Waals surface area contributed by atoms with Gasteiger partial charge in [-0.15, -0.1) is 0 Å². The summed E-state index contributed by atoms with van der Waals surface area (Å²) < 4.78 is 11.9. The van der Waals surface area contributed by atoms with Crippen LogP contribution in [0.3, 0.4) is 0 Å². The summed E-state index contributed by atoms with van der Waals surface area (Å²) in [6.07, 6.45) is 0. The molecule has 1 aromatic heterocycles. The van der Waals surface area contributed by atoms with Gasteiger partial charge in [0, 0.05) is 0 Å². The van der Waals surface area contributed by atoms with Crippen LogP contribution in [0.1, 0.15) is 0 Å². The number of quaternary nitrogens is 1. The third kappa shape index (κ3) is 2.57. The molecule has 0 amide bonds. The first-order valence-corrected chi connectivity index (χ1v) is 3.78. The normalized spacial score (nSPS) is 8.86. The van der Waals surface area contributed by atoms with E-state index in [-0.39, 0.29) is 6.15 Å². The van der Waals surface area contributed by atoms with Crippen LogP contribution in [-0.4, -0.2) is 11.9 Å². The first-order valence-electron chi connectivity index (χ1n) is 2.68. The third-order valence-corrected chi connectivity index (χ3v) is 1.75. The minimum Gasteiger partial charge on any atom is -0.539 e. The minimum atomic E-state index is -2.57. The molecule has 0 bridgehead atoms. The lowest BCUT2D eigenvalue weighted by Crippen LogP contribution is -2.34. The molecule has 0 radical (unpaired) electrons. The number of carboxylic acid groups (broad SMARTS) is 1. The zero-order chi connectivity index (χ0) is 10.0. The number of rotatable bonds is 1. The Morgan fingerprint density at radius 1 is 1.21 bits per heavy atom. The molecule has 0 saturated carbocycles. The van der Waals surface area contributed by atoms with Crippen molar-refractivity contribution in [2.45, 2.75) is 0 Å². The summed E-state index contributed by atoms with van der Waals surface area (Å²) in [7, 11) is -2.57. The Bertz CT molecular complexity index is 423. The van der Waals surface area contributed by atoms with Crippen LogP contribution in [0, 0.1) is 0 Å². The molecule has 0 aliphatic heterocycles. The van der Waals surface area contributed by atoms with Gasteiger partial charge in [-0.1, -0.05) is 0 Å². The van der Waals surface area contributed by atoms with Gasteiger partial charge < -0.3 is 29.0 Å². The molecular formula is C4H4NO8P. The van der Waals surface area contributed by atoms with Crippen LogP contribution in [0.2, 0.25) is 0 Å². The summed E-state index contributed by atoms with van der Waals surface area (Å²) >= 11 is 0. The molecular weight excluding hydrogens is 221 g/mol. The van der Waals surface area contributed by atoms with Crippen LogP contribution in [0.25, 0.3) is 0 Å². The number of hydrogen-bond acceptors (Lipinski definition) is 8. The maximum absolute atomic E-state index is 10.3. The van der Waals surface area contributed by atoms with Crippen molar-refractivity contribution in [1.29, 1.82) is 0 Å². The van der Waals surface area contributed by atoms with Crippen molar-refractivity contribution in [3.05, 3.63) is 20.8 Å². The molecule has 0 aliphatic carbocycles. The fraction of sp³-hybridized carbons (Fsp3) is 0. The second-order valence-electron chi connectivity index (χ2n) is 1.65. The predicted molar refractivity (Wildman–Crippen MR) is 38.8 cm³/mol. The Morgan fingerprint density at radius 3 is 2.00 bits per heavy atom. The van der Waals surface area contributed by atoms with Gasteiger partial charge in [0.1, 0.15) is 0 Å². The van der Waals surface area contributed by atoms with Crippen LogP contribution in [0.15, 0.2) is 18.0 Å². The van der Waals surface area contributed by atoms with E-state index < -0.39 is 31.4 Å². The van der Waals surface area contributed by atoms with Gasteiger partial charge in [0.25, 0.3) is 0 Å². The molecule has 78 valence electrons. The molecule has 0 saturated heterocycles. The van der Waals surface area contributed by atoms with Crippen molar-refractivity contribution in [2.24, 2.45) is 0 Å². The standard InChI is InChI=1S/C4HO8P.H3N/c5-1(6)2(7)10-13-11-3(8)4(9)12-13;/h(H,5,6);1H3. The Morgan fingerprint density at radius 2 is 1.64 bits per heavy atom. The number of aliphatic carboxylic acids is 1. The zero-order valence-electron chi connectivity index (χ0n) is 6.71. The fourth-order valence-corrected chi connectivity index (χ4v) is 1.11. The maximum atomic E-state index is 10.3. The van der Waals surface area contributed by atoms with Gasteiger partial charge in [-0.3, -0.25) is 0 Å². The monoisotopic (exact) mass is 225 g/mol. The van der Waals surface area contributed by atoms with E-state index in [4.69, 9.17) is 0 Å². The van der Waals surface area contributed by atoms with Gasteiger partial charge in [-0.2, -0.15) is 0 Å². The van der Waals surface area contributed by atoms with E-state index in [1.54, 1.807) is 0 Å². The molecule has 1 heterocycles. The van der Waals surface area contributed by atoms with E-state index in [2.05, 4.69) is 12.9 Å². The molecule has 0 aliphatic rings. The van der Waals surface area contributed by atoms with Crippen molar-refractivity contribution < 1.29 is 27.6 Å². The fourth-order valence-electron chi connectivity index (χ4n) is 0.371. The highest BCUT2D eigenvalue weighted by Gasteiger charge is 2.14. The average molecular weight is 225 g/mol. The van der Waals surface area contributed by atoms with E-state index in [9.17, 15) is 24.3 Å². The average Bonchev–Trinajstić information content (AvgIpc) is 2.31. The lowest BCUT2D eigenvalue weighted by molar-refractivity contribution is -0.302. The molecule has 14 heavy (non-hydrogen) atoms. The Labute approximate surface area is 75.8 Å². The topological polar surface area (TPSA) is 163 Å². The molecule has 0 unspecified atom stereocenters. The molecule has 4 N–H and O–H groups in total. The van der Waals surface area contributed by atoms with E-state index in [0.717, 1.165) is 0 Å². The number of carboxylic acids is 1. The van der Waals surface area contributed by atoms with Crippen LogP contribution in [-0.2, 0) is 9.59 Å². The van der Waals surface area contributed by atoms with Gasteiger partial charge in [0.2, 0.25) is 0 Å².